The van der Waals surface area contributed by atoms with Crippen molar-refractivity contribution in [1.29, 1.82) is 0 Å². The molecule has 0 saturated heterocycles. The van der Waals surface area contributed by atoms with Gasteiger partial charge in [-0.15, -0.1) is 0 Å². The van der Waals surface area contributed by atoms with Crippen molar-refractivity contribution in [3.05, 3.63) is 88.0 Å². The normalized spacial score (nSPS) is 18.6. The van der Waals surface area contributed by atoms with E-state index in [2.05, 4.69) is 0 Å². The number of rotatable bonds is 7. The third kappa shape index (κ3) is 4.55. The topological polar surface area (TPSA) is 78.7 Å². The second kappa shape index (κ2) is 8.40. The lowest BCUT2D eigenvalue weighted by Crippen LogP contribution is -2.26. The van der Waals surface area contributed by atoms with Crippen molar-refractivity contribution in [3.63, 3.8) is 0 Å². The number of hydrogen-bond donors (Lipinski definition) is 0. The molecule has 0 amide bonds. The Morgan fingerprint density at radius 2 is 1.85 bits per heavy atom. The molecule has 0 unspecified atom stereocenters. The minimum atomic E-state index is -0.504. The molecule has 0 bridgehead atoms. The molecule has 0 heterocycles. The highest BCUT2D eigenvalue weighted by molar-refractivity contribution is 5.89. The van der Waals surface area contributed by atoms with Gasteiger partial charge in [-0.2, -0.15) is 0 Å². The molecule has 0 saturated carbocycles. The van der Waals surface area contributed by atoms with E-state index in [4.69, 9.17) is 9.47 Å². The van der Waals surface area contributed by atoms with Crippen LogP contribution < -0.4 is 0 Å². The van der Waals surface area contributed by atoms with E-state index in [0.29, 0.717) is 25.2 Å². The lowest BCUT2D eigenvalue weighted by Gasteiger charge is -2.20. The van der Waals surface area contributed by atoms with Gasteiger partial charge >= 0.3 is 5.97 Å². The number of hydrogen-bond acceptors (Lipinski definition) is 5. The summed E-state index contributed by atoms with van der Waals surface area (Å²) in [6, 6.07) is 15.3. The van der Waals surface area contributed by atoms with Gasteiger partial charge in [-0.1, -0.05) is 42.5 Å². The quantitative estimate of drug-likeness (QED) is 0.326. The Morgan fingerprint density at radius 3 is 2.54 bits per heavy atom. The van der Waals surface area contributed by atoms with Gasteiger partial charge in [0.1, 0.15) is 6.10 Å². The molecule has 6 heteroatoms. The molecule has 2 aromatic rings. The number of esters is 1. The van der Waals surface area contributed by atoms with Gasteiger partial charge in [0.2, 0.25) is 0 Å². The molecular weight excluding hydrogens is 334 g/mol. The highest BCUT2D eigenvalue weighted by Gasteiger charge is 2.27. The summed E-state index contributed by atoms with van der Waals surface area (Å²) in [5, 5.41) is 10.7. The van der Waals surface area contributed by atoms with Gasteiger partial charge in [0.25, 0.3) is 5.69 Å². The highest BCUT2D eigenvalue weighted by atomic mass is 16.6. The predicted molar refractivity (Wildman–Crippen MR) is 95.6 cm³/mol. The van der Waals surface area contributed by atoms with Crippen molar-refractivity contribution in [2.45, 2.75) is 19.1 Å². The third-order valence-corrected chi connectivity index (χ3v) is 4.22. The summed E-state index contributed by atoms with van der Waals surface area (Å²) in [6.07, 6.45) is 4.33. The molecule has 26 heavy (non-hydrogen) atoms. The van der Waals surface area contributed by atoms with E-state index in [9.17, 15) is 14.9 Å². The standard InChI is InChI=1S/C20H19NO5/c22-20(16-9-11-18(12-10-16)21(23)24)26-19-8-4-7-17(19)14-25-13-15-5-2-1-3-6-15/h1-7,9-12,17,19H,8,13-14H2/t17-,19-/m0/s1. The summed E-state index contributed by atoms with van der Waals surface area (Å²) < 4.78 is 11.3. The zero-order valence-corrected chi connectivity index (χ0v) is 14.1. The van der Waals surface area contributed by atoms with Crippen molar-refractivity contribution in [1.82, 2.24) is 0 Å². The summed E-state index contributed by atoms with van der Waals surface area (Å²) >= 11 is 0. The largest absolute Gasteiger partial charge is 0.458 e. The van der Waals surface area contributed by atoms with E-state index >= 15 is 0 Å². The number of benzene rings is 2. The molecule has 0 radical (unpaired) electrons. The smallest absolute Gasteiger partial charge is 0.338 e. The predicted octanol–water partition coefficient (Wildman–Crippen LogP) is 3.91. The summed E-state index contributed by atoms with van der Waals surface area (Å²) in [7, 11) is 0. The highest BCUT2D eigenvalue weighted by Crippen LogP contribution is 2.24. The van der Waals surface area contributed by atoms with Crippen LogP contribution in [0.15, 0.2) is 66.7 Å². The molecule has 0 fully saturated rings. The summed E-state index contributed by atoms with van der Waals surface area (Å²) in [5.41, 5.74) is 1.33. The Bertz CT molecular complexity index is 786. The van der Waals surface area contributed by atoms with E-state index in [1.807, 2.05) is 42.5 Å². The maximum atomic E-state index is 12.3. The van der Waals surface area contributed by atoms with Crippen LogP contribution in [-0.4, -0.2) is 23.6 Å². The first-order valence-corrected chi connectivity index (χ1v) is 8.37. The average molecular weight is 353 g/mol. The molecule has 0 N–H and O–H groups in total. The number of nitro groups is 1. The lowest BCUT2D eigenvalue weighted by atomic mass is 10.1. The molecule has 134 valence electrons. The summed E-state index contributed by atoms with van der Waals surface area (Å²) in [4.78, 5) is 22.4. The molecule has 0 spiro atoms. The third-order valence-electron chi connectivity index (χ3n) is 4.22. The molecule has 6 nitrogen and oxygen atoms in total. The molecule has 2 aromatic carbocycles. The van der Waals surface area contributed by atoms with Crippen LogP contribution in [0.1, 0.15) is 22.3 Å². The Hall–Kier alpha value is -2.99. The fourth-order valence-corrected chi connectivity index (χ4v) is 2.80. The maximum Gasteiger partial charge on any atom is 0.338 e. The van der Waals surface area contributed by atoms with Crippen LogP contribution in [0.5, 0.6) is 0 Å². The minimum Gasteiger partial charge on any atom is -0.458 e. The number of ether oxygens (including phenoxy) is 2. The zero-order valence-electron chi connectivity index (χ0n) is 14.1. The van der Waals surface area contributed by atoms with E-state index in [0.717, 1.165) is 5.56 Å². The van der Waals surface area contributed by atoms with Gasteiger partial charge in [-0.3, -0.25) is 10.1 Å². The average Bonchev–Trinajstić information content (AvgIpc) is 3.09. The van der Waals surface area contributed by atoms with Crippen LogP contribution in [0.4, 0.5) is 5.69 Å². The number of non-ortho nitro benzene ring substituents is 1. The molecular formula is C20H19NO5. The van der Waals surface area contributed by atoms with Crippen molar-refractivity contribution in [2.24, 2.45) is 5.92 Å². The number of nitro benzene ring substituents is 1. The molecule has 3 rings (SSSR count). The lowest BCUT2D eigenvalue weighted by molar-refractivity contribution is -0.384. The molecule has 2 atom stereocenters. The van der Waals surface area contributed by atoms with Crippen molar-refractivity contribution >= 4 is 11.7 Å². The zero-order chi connectivity index (χ0) is 18.4. The minimum absolute atomic E-state index is 0.000658. The first kappa shape index (κ1) is 17.8. The monoisotopic (exact) mass is 353 g/mol. The van der Waals surface area contributed by atoms with Crippen LogP contribution >= 0.6 is 0 Å². The second-order valence-corrected chi connectivity index (χ2v) is 6.08. The van der Waals surface area contributed by atoms with E-state index in [-0.39, 0.29) is 17.7 Å². The second-order valence-electron chi connectivity index (χ2n) is 6.08. The maximum absolute atomic E-state index is 12.3. The van der Waals surface area contributed by atoms with Gasteiger partial charge in [-0.25, -0.2) is 4.79 Å². The van der Waals surface area contributed by atoms with Crippen LogP contribution in [-0.2, 0) is 16.1 Å². The molecule has 1 aliphatic rings. The van der Waals surface area contributed by atoms with Crippen molar-refractivity contribution < 1.29 is 19.2 Å². The van der Waals surface area contributed by atoms with Gasteiger partial charge in [0.05, 0.1) is 23.7 Å². The van der Waals surface area contributed by atoms with E-state index in [1.54, 1.807) is 0 Å². The fraction of sp³-hybridized carbons (Fsp3) is 0.250. The molecule has 0 aromatic heterocycles. The van der Waals surface area contributed by atoms with Gasteiger partial charge < -0.3 is 9.47 Å². The molecule has 0 aliphatic heterocycles. The molecule has 1 aliphatic carbocycles. The first-order valence-electron chi connectivity index (χ1n) is 8.37. The van der Waals surface area contributed by atoms with Crippen LogP contribution in [0.25, 0.3) is 0 Å². The van der Waals surface area contributed by atoms with Crippen LogP contribution in [0.2, 0.25) is 0 Å². The number of carbonyl (C=O) groups is 1. The van der Waals surface area contributed by atoms with Crippen LogP contribution in [0, 0.1) is 16.0 Å². The summed E-state index contributed by atoms with van der Waals surface area (Å²) in [5.74, 6) is -0.484. The van der Waals surface area contributed by atoms with E-state index < -0.39 is 10.9 Å². The number of carbonyl (C=O) groups excluding carboxylic acids is 1. The summed E-state index contributed by atoms with van der Waals surface area (Å²) in [6.45, 7) is 0.970. The van der Waals surface area contributed by atoms with Gasteiger partial charge in [0, 0.05) is 24.5 Å². The van der Waals surface area contributed by atoms with Crippen molar-refractivity contribution in [2.75, 3.05) is 6.61 Å². The van der Waals surface area contributed by atoms with Gasteiger partial charge in [-0.05, 0) is 17.7 Å². The van der Waals surface area contributed by atoms with Gasteiger partial charge in [0.15, 0.2) is 0 Å². The first-order chi connectivity index (χ1) is 12.6. The fourth-order valence-electron chi connectivity index (χ4n) is 2.80. The van der Waals surface area contributed by atoms with Crippen molar-refractivity contribution in [3.8, 4) is 0 Å². The van der Waals surface area contributed by atoms with E-state index in [1.165, 1.54) is 24.3 Å². The Labute approximate surface area is 151 Å². The SMILES string of the molecule is O=C(O[C@H]1CC=C[C@H]1COCc1ccccc1)c1ccc([N+](=O)[O-])cc1. The number of nitrogens with zero attached hydrogens (tertiary/aromatic N) is 1. The Morgan fingerprint density at radius 1 is 1.12 bits per heavy atom. The Balaban J connectivity index is 1.51. The van der Waals surface area contributed by atoms with Crippen LogP contribution in [0.3, 0.4) is 0 Å². The Kier molecular flexibility index (Phi) is 5.76.